The van der Waals surface area contributed by atoms with Crippen LogP contribution in [0, 0.1) is 0 Å². The van der Waals surface area contributed by atoms with Crippen molar-refractivity contribution < 1.29 is 9.53 Å². The summed E-state index contributed by atoms with van der Waals surface area (Å²) in [6, 6.07) is 11.1. The number of fused-ring (bicyclic) bond motifs is 1. The molecule has 0 saturated carbocycles. The maximum atomic E-state index is 12.3. The first kappa shape index (κ1) is 13.5. The lowest BCUT2D eigenvalue weighted by Gasteiger charge is -2.09. The van der Waals surface area contributed by atoms with Crippen LogP contribution in [0.25, 0.3) is 0 Å². The molecule has 0 unspecified atom stereocenters. The van der Waals surface area contributed by atoms with Crippen molar-refractivity contribution in [2.45, 2.75) is 19.3 Å². The Hall–Kier alpha value is -2.49. The molecule has 4 heteroatoms. The number of nitrogens with one attached hydrogen (secondary N) is 1. The molecule has 0 saturated heterocycles. The third-order valence-corrected chi connectivity index (χ3v) is 3.85. The highest BCUT2D eigenvalue weighted by Crippen LogP contribution is 2.26. The Morgan fingerprint density at radius 2 is 1.95 bits per heavy atom. The lowest BCUT2D eigenvalue weighted by molar-refractivity contribution is 0.102. The minimum Gasteiger partial charge on any atom is -0.495 e. The second-order valence-corrected chi connectivity index (χ2v) is 5.25. The summed E-state index contributed by atoms with van der Waals surface area (Å²) in [4.78, 5) is 12.3. The van der Waals surface area contributed by atoms with Gasteiger partial charge in [-0.1, -0.05) is 6.07 Å². The molecule has 1 aliphatic carbocycles. The van der Waals surface area contributed by atoms with E-state index in [0.29, 0.717) is 22.7 Å². The number of nitrogen functional groups attached to an aromatic ring is 1. The van der Waals surface area contributed by atoms with Crippen LogP contribution in [0.5, 0.6) is 5.75 Å². The third kappa shape index (κ3) is 2.70. The van der Waals surface area contributed by atoms with Crippen molar-refractivity contribution in [3.8, 4) is 5.75 Å². The fourth-order valence-electron chi connectivity index (χ4n) is 2.73. The number of aryl methyl sites for hydroxylation is 2. The first-order valence-electron chi connectivity index (χ1n) is 7.04. The first-order valence-corrected chi connectivity index (χ1v) is 7.04. The van der Waals surface area contributed by atoms with E-state index in [9.17, 15) is 4.79 Å². The van der Waals surface area contributed by atoms with Crippen LogP contribution >= 0.6 is 0 Å². The number of amides is 1. The lowest BCUT2D eigenvalue weighted by atomic mass is 10.1. The van der Waals surface area contributed by atoms with Crippen LogP contribution in [-0.2, 0) is 12.8 Å². The van der Waals surface area contributed by atoms with Gasteiger partial charge in [0.15, 0.2) is 0 Å². The molecule has 0 radical (unpaired) electrons. The van der Waals surface area contributed by atoms with E-state index in [1.165, 1.54) is 17.5 Å². The van der Waals surface area contributed by atoms with Gasteiger partial charge in [0.05, 0.1) is 12.8 Å². The Balaban J connectivity index is 1.78. The predicted octanol–water partition coefficient (Wildman–Crippen LogP) is 3.02. The molecule has 1 aliphatic rings. The largest absolute Gasteiger partial charge is 0.495 e. The summed E-state index contributed by atoms with van der Waals surface area (Å²) >= 11 is 0. The van der Waals surface area contributed by atoms with Crippen molar-refractivity contribution in [2.75, 3.05) is 18.2 Å². The molecule has 2 aromatic rings. The average Bonchev–Trinajstić information content (AvgIpc) is 2.94. The summed E-state index contributed by atoms with van der Waals surface area (Å²) in [5.74, 6) is 0.486. The maximum Gasteiger partial charge on any atom is 0.255 e. The molecule has 0 aliphatic heterocycles. The highest BCUT2D eigenvalue weighted by molar-refractivity contribution is 6.04. The third-order valence-electron chi connectivity index (χ3n) is 3.85. The number of carbonyl (C=O) groups is 1. The van der Waals surface area contributed by atoms with E-state index in [1.54, 1.807) is 25.3 Å². The van der Waals surface area contributed by atoms with Crippen LogP contribution < -0.4 is 15.8 Å². The molecule has 0 bridgehead atoms. The van der Waals surface area contributed by atoms with Crippen LogP contribution in [0.4, 0.5) is 11.4 Å². The fraction of sp³-hybridized carbons (Fsp3) is 0.235. The molecular formula is C17H18N2O2. The molecule has 1 amide bonds. The molecule has 0 aromatic heterocycles. The zero-order valence-corrected chi connectivity index (χ0v) is 12.0. The van der Waals surface area contributed by atoms with Gasteiger partial charge in [0.2, 0.25) is 0 Å². The normalized spacial score (nSPS) is 12.8. The smallest absolute Gasteiger partial charge is 0.255 e. The Labute approximate surface area is 123 Å². The van der Waals surface area contributed by atoms with Gasteiger partial charge in [-0.25, -0.2) is 0 Å². The Morgan fingerprint density at radius 1 is 1.14 bits per heavy atom. The summed E-state index contributed by atoms with van der Waals surface area (Å²) in [6.45, 7) is 0. The molecule has 0 atom stereocenters. The van der Waals surface area contributed by atoms with E-state index in [0.717, 1.165) is 12.8 Å². The van der Waals surface area contributed by atoms with Crippen molar-refractivity contribution in [1.82, 2.24) is 0 Å². The molecule has 4 nitrogen and oxygen atoms in total. The fourth-order valence-corrected chi connectivity index (χ4v) is 2.73. The topological polar surface area (TPSA) is 64.3 Å². The van der Waals surface area contributed by atoms with E-state index < -0.39 is 0 Å². The van der Waals surface area contributed by atoms with Crippen molar-refractivity contribution >= 4 is 17.3 Å². The van der Waals surface area contributed by atoms with Gasteiger partial charge in [-0.2, -0.15) is 0 Å². The van der Waals surface area contributed by atoms with Gasteiger partial charge in [0.1, 0.15) is 5.75 Å². The zero-order chi connectivity index (χ0) is 14.8. The number of hydrogen-bond acceptors (Lipinski definition) is 3. The molecular weight excluding hydrogens is 264 g/mol. The van der Waals surface area contributed by atoms with Gasteiger partial charge in [-0.05, 0) is 60.7 Å². The maximum absolute atomic E-state index is 12.3. The van der Waals surface area contributed by atoms with Gasteiger partial charge in [0.25, 0.3) is 5.91 Å². The van der Waals surface area contributed by atoms with Crippen molar-refractivity contribution in [1.29, 1.82) is 0 Å². The summed E-state index contributed by atoms with van der Waals surface area (Å²) in [5.41, 5.74) is 10.3. The predicted molar refractivity (Wildman–Crippen MR) is 83.8 cm³/mol. The molecule has 108 valence electrons. The van der Waals surface area contributed by atoms with Gasteiger partial charge in [-0.15, -0.1) is 0 Å². The second kappa shape index (κ2) is 5.48. The second-order valence-electron chi connectivity index (χ2n) is 5.25. The summed E-state index contributed by atoms with van der Waals surface area (Å²) < 4.78 is 5.10. The zero-order valence-electron chi connectivity index (χ0n) is 12.0. The van der Waals surface area contributed by atoms with Crippen LogP contribution in [0.3, 0.4) is 0 Å². The van der Waals surface area contributed by atoms with Gasteiger partial charge in [0, 0.05) is 11.3 Å². The molecule has 0 spiro atoms. The minimum absolute atomic E-state index is 0.116. The van der Waals surface area contributed by atoms with Crippen LogP contribution in [0.1, 0.15) is 27.9 Å². The number of carbonyl (C=O) groups excluding carboxylic acids is 1. The van der Waals surface area contributed by atoms with E-state index in [4.69, 9.17) is 10.5 Å². The van der Waals surface area contributed by atoms with Crippen molar-refractivity contribution in [2.24, 2.45) is 0 Å². The number of methoxy groups -OCH3 is 1. The SMILES string of the molecule is COc1ccc(NC(=O)c2ccc3c(c2)CCC3)cc1N. The number of ether oxygens (including phenoxy) is 1. The molecule has 0 heterocycles. The number of nitrogens with two attached hydrogens (primary N) is 1. The average molecular weight is 282 g/mol. The van der Waals surface area contributed by atoms with E-state index >= 15 is 0 Å². The van der Waals surface area contributed by atoms with Gasteiger partial charge < -0.3 is 15.8 Å². The number of benzene rings is 2. The van der Waals surface area contributed by atoms with Crippen molar-refractivity contribution in [3.05, 3.63) is 53.1 Å². The highest BCUT2D eigenvalue weighted by atomic mass is 16.5. The van der Waals surface area contributed by atoms with Crippen LogP contribution in [-0.4, -0.2) is 13.0 Å². The molecule has 2 aromatic carbocycles. The highest BCUT2D eigenvalue weighted by Gasteiger charge is 2.14. The Morgan fingerprint density at radius 3 is 2.71 bits per heavy atom. The number of anilines is 2. The Kier molecular flexibility index (Phi) is 3.52. The number of rotatable bonds is 3. The molecule has 3 N–H and O–H groups in total. The minimum atomic E-state index is -0.116. The van der Waals surface area contributed by atoms with E-state index in [-0.39, 0.29) is 5.91 Å². The van der Waals surface area contributed by atoms with E-state index in [1.807, 2.05) is 12.1 Å². The molecule has 0 fully saturated rings. The number of hydrogen-bond donors (Lipinski definition) is 2. The molecule has 21 heavy (non-hydrogen) atoms. The van der Waals surface area contributed by atoms with E-state index in [2.05, 4.69) is 11.4 Å². The van der Waals surface area contributed by atoms with Gasteiger partial charge in [-0.3, -0.25) is 4.79 Å². The lowest BCUT2D eigenvalue weighted by Crippen LogP contribution is -2.12. The summed E-state index contributed by atoms with van der Waals surface area (Å²) in [5, 5.41) is 2.87. The quantitative estimate of drug-likeness (QED) is 0.850. The standard InChI is InChI=1S/C17H18N2O2/c1-21-16-8-7-14(10-15(16)18)19-17(20)13-6-5-11-3-2-4-12(11)9-13/h5-10H,2-4,18H2,1H3,(H,19,20). The summed E-state index contributed by atoms with van der Waals surface area (Å²) in [6.07, 6.45) is 3.35. The van der Waals surface area contributed by atoms with Crippen LogP contribution in [0.2, 0.25) is 0 Å². The molecule has 3 rings (SSSR count). The summed E-state index contributed by atoms with van der Waals surface area (Å²) in [7, 11) is 1.56. The van der Waals surface area contributed by atoms with Crippen molar-refractivity contribution in [3.63, 3.8) is 0 Å². The Bertz CT molecular complexity index is 695. The first-order chi connectivity index (χ1) is 10.2. The van der Waals surface area contributed by atoms with Crippen LogP contribution in [0.15, 0.2) is 36.4 Å². The van der Waals surface area contributed by atoms with Gasteiger partial charge >= 0.3 is 0 Å². The monoisotopic (exact) mass is 282 g/mol.